The van der Waals surface area contributed by atoms with Crippen LogP contribution in [0.5, 0.6) is 5.75 Å². The Morgan fingerprint density at radius 3 is 1.93 bits per heavy atom. The highest BCUT2D eigenvalue weighted by Gasteiger charge is 2.52. The fourth-order valence-electron chi connectivity index (χ4n) is 2.03. The Bertz CT molecular complexity index is 1050. The van der Waals surface area contributed by atoms with E-state index in [4.69, 9.17) is 4.74 Å². The van der Waals surface area contributed by atoms with Crippen LogP contribution in [0.3, 0.4) is 0 Å². The second-order valence-corrected chi connectivity index (χ2v) is 8.83. The van der Waals surface area contributed by atoms with Crippen LogP contribution >= 0.6 is 0 Å². The van der Waals surface area contributed by atoms with Gasteiger partial charge in [-0.15, -0.1) is 0 Å². The van der Waals surface area contributed by atoms with Crippen molar-refractivity contribution in [1.82, 2.24) is 0 Å². The lowest BCUT2D eigenvalue weighted by molar-refractivity contribution is -0.0544. The minimum atomic E-state index is -6.38. The maximum atomic E-state index is 12.7. The standard InChI is InChI=1S/C16H13F3O7S2/c1-25-12-9-7-11(8-10-12)14(20)15(26-28(23,24)16(17,18)19)27(21,22)13-5-3-2-4-6-13/h2-10,15H,1H3. The molecule has 0 saturated heterocycles. The van der Waals surface area contributed by atoms with Crippen LogP contribution in [0, 0.1) is 0 Å². The molecule has 0 aliphatic heterocycles. The molecule has 0 aliphatic rings. The van der Waals surface area contributed by atoms with Gasteiger partial charge in [0.25, 0.3) is 0 Å². The predicted octanol–water partition coefficient (Wildman–Crippen LogP) is 2.54. The number of halogens is 3. The zero-order chi connectivity index (χ0) is 21.2. The largest absolute Gasteiger partial charge is 0.523 e. The Kier molecular flexibility index (Phi) is 6.16. The summed E-state index contributed by atoms with van der Waals surface area (Å²) in [6, 6.07) is 10.5. The number of benzene rings is 2. The van der Waals surface area contributed by atoms with E-state index < -0.39 is 41.6 Å². The third kappa shape index (κ3) is 4.51. The van der Waals surface area contributed by atoms with Crippen LogP contribution in [0.1, 0.15) is 10.4 Å². The van der Waals surface area contributed by atoms with E-state index in [0.29, 0.717) is 0 Å². The topological polar surface area (TPSA) is 104 Å². The first kappa shape index (κ1) is 21.9. The van der Waals surface area contributed by atoms with Gasteiger partial charge in [0.15, 0.2) is 0 Å². The molecule has 1 unspecified atom stereocenters. The molecule has 0 N–H and O–H groups in total. The van der Waals surface area contributed by atoms with E-state index in [9.17, 15) is 34.8 Å². The first-order valence-electron chi connectivity index (χ1n) is 7.37. The highest BCUT2D eigenvalue weighted by atomic mass is 32.2. The number of alkyl halides is 3. The molecule has 0 aliphatic carbocycles. The number of ether oxygens (including phenoxy) is 1. The van der Waals surface area contributed by atoms with Crippen LogP contribution in [0.4, 0.5) is 13.2 Å². The number of rotatable bonds is 7. The molecule has 2 aromatic carbocycles. The summed E-state index contributed by atoms with van der Waals surface area (Å²) in [5, 5.41) is 0. The fraction of sp³-hybridized carbons (Fsp3) is 0.188. The summed E-state index contributed by atoms with van der Waals surface area (Å²) < 4.78 is 95.0. The zero-order valence-electron chi connectivity index (χ0n) is 14.1. The zero-order valence-corrected chi connectivity index (χ0v) is 15.7. The minimum Gasteiger partial charge on any atom is -0.497 e. The first-order valence-corrected chi connectivity index (χ1v) is 10.3. The molecule has 2 rings (SSSR count). The molecule has 152 valence electrons. The first-order chi connectivity index (χ1) is 12.9. The highest BCUT2D eigenvalue weighted by molar-refractivity contribution is 7.94. The lowest BCUT2D eigenvalue weighted by Crippen LogP contribution is -2.39. The van der Waals surface area contributed by atoms with E-state index in [2.05, 4.69) is 4.18 Å². The van der Waals surface area contributed by atoms with Gasteiger partial charge in [0.05, 0.1) is 12.0 Å². The Hall–Kier alpha value is -2.44. The minimum absolute atomic E-state index is 0.280. The Labute approximate surface area is 158 Å². The number of Topliss-reactive ketones (excluding diaryl/α,β-unsaturated/α-hetero) is 1. The van der Waals surface area contributed by atoms with Crippen molar-refractivity contribution in [2.75, 3.05) is 7.11 Å². The SMILES string of the molecule is COc1ccc(C(=O)C(OS(=O)(=O)C(F)(F)F)S(=O)(=O)c2ccccc2)cc1. The molecule has 0 fully saturated rings. The molecular weight excluding hydrogens is 425 g/mol. The van der Waals surface area contributed by atoms with Gasteiger partial charge in [0.1, 0.15) is 5.75 Å². The molecule has 1 atom stereocenters. The van der Waals surface area contributed by atoms with E-state index in [-0.39, 0.29) is 11.3 Å². The monoisotopic (exact) mass is 438 g/mol. The molecule has 2 aromatic rings. The van der Waals surface area contributed by atoms with Gasteiger partial charge in [-0.25, -0.2) is 12.6 Å². The Balaban J connectivity index is 2.57. The van der Waals surface area contributed by atoms with Crippen LogP contribution in [0.25, 0.3) is 0 Å². The average Bonchev–Trinajstić information content (AvgIpc) is 2.65. The van der Waals surface area contributed by atoms with Gasteiger partial charge in [0.2, 0.25) is 21.1 Å². The van der Waals surface area contributed by atoms with Gasteiger partial charge in [-0.3, -0.25) is 4.79 Å². The maximum absolute atomic E-state index is 12.7. The third-order valence-electron chi connectivity index (χ3n) is 3.44. The van der Waals surface area contributed by atoms with Crippen molar-refractivity contribution >= 4 is 25.7 Å². The highest BCUT2D eigenvalue weighted by Crippen LogP contribution is 2.30. The molecule has 7 nitrogen and oxygen atoms in total. The average molecular weight is 438 g/mol. The summed E-state index contributed by atoms with van der Waals surface area (Å²) in [6.45, 7) is 0. The third-order valence-corrected chi connectivity index (χ3v) is 6.38. The van der Waals surface area contributed by atoms with Gasteiger partial charge in [-0.1, -0.05) is 18.2 Å². The summed E-state index contributed by atoms with van der Waals surface area (Å²) >= 11 is 0. The van der Waals surface area contributed by atoms with Crippen LogP contribution in [-0.4, -0.2) is 40.7 Å². The molecule has 12 heteroatoms. The van der Waals surface area contributed by atoms with Crippen LogP contribution < -0.4 is 4.74 Å². The number of sulfone groups is 1. The van der Waals surface area contributed by atoms with Gasteiger partial charge < -0.3 is 4.74 Å². The van der Waals surface area contributed by atoms with Crippen molar-refractivity contribution < 1.29 is 43.7 Å². The van der Waals surface area contributed by atoms with Crippen LogP contribution in [0.2, 0.25) is 0 Å². The van der Waals surface area contributed by atoms with Crippen molar-refractivity contribution in [3.8, 4) is 5.75 Å². The Morgan fingerprint density at radius 1 is 0.929 bits per heavy atom. The van der Waals surface area contributed by atoms with Crippen LogP contribution in [-0.2, 0) is 24.1 Å². The molecule has 0 amide bonds. The molecule has 0 bridgehead atoms. The smallest absolute Gasteiger partial charge is 0.497 e. The summed E-state index contributed by atoms with van der Waals surface area (Å²) in [4.78, 5) is 12.0. The van der Waals surface area contributed by atoms with E-state index in [1.165, 1.54) is 37.4 Å². The molecule has 0 aromatic heterocycles. The van der Waals surface area contributed by atoms with Crippen molar-refractivity contribution in [2.24, 2.45) is 0 Å². The number of hydrogen-bond acceptors (Lipinski definition) is 7. The van der Waals surface area contributed by atoms with Gasteiger partial charge in [-0.2, -0.15) is 21.6 Å². The van der Waals surface area contributed by atoms with Gasteiger partial charge >= 0.3 is 15.6 Å². The molecule has 0 spiro atoms. The van der Waals surface area contributed by atoms with Crippen molar-refractivity contribution in [2.45, 2.75) is 15.8 Å². The summed E-state index contributed by atoms with van der Waals surface area (Å²) in [7, 11) is -10.0. The molecular formula is C16H13F3O7S2. The van der Waals surface area contributed by atoms with Crippen LogP contribution in [0.15, 0.2) is 59.5 Å². The molecule has 28 heavy (non-hydrogen) atoms. The molecule has 0 radical (unpaired) electrons. The van der Waals surface area contributed by atoms with E-state index in [1.54, 1.807) is 0 Å². The second kappa shape index (κ2) is 7.89. The molecule has 0 heterocycles. The number of ketones is 1. The number of methoxy groups -OCH3 is 1. The van der Waals surface area contributed by atoms with E-state index >= 15 is 0 Å². The fourth-order valence-corrected chi connectivity index (χ4v) is 4.38. The number of hydrogen-bond donors (Lipinski definition) is 0. The summed E-state index contributed by atoms with van der Waals surface area (Å²) in [5.74, 6) is -1.21. The lowest BCUT2D eigenvalue weighted by atomic mass is 10.1. The normalized spacial score (nSPS) is 13.7. The van der Waals surface area contributed by atoms with Crippen molar-refractivity contribution in [1.29, 1.82) is 0 Å². The Morgan fingerprint density at radius 2 is 1.46 bits per heavy atom. The maximum Gasteiger partial charge on any atom is 0.523 e. The van der Waals surface area contributed by atoms with E-state index in [1.807, 2.05) is 0 Å². The lowest BCUT2D eigenvalue weighted by Gasteiger charge is -2.18. The van der Waals surface area contributed by atoms with Gasteiger partial charge in [0, 0.05) is 5.56 Å². The summed E-state index contributed by atoms with van der Waals surface area (Å²) in [6.07, 6.45) is 0. The second-order valence-electron chi connectivity index (χ2n) is 5.28. The van der Waals surface area contributed by atoms with Gasteiger partial charge in [-0.05, 0) is 36.4 Å². The van der Waals surface area contributed by atoms with E-state index in [0.717, 1.165) is 24.3 Å². The number of carbonyl (C=O) groups is 1. The summed E-state index contributed by atoms with van der Waals surface area (Å²) in [5.41, 5.74) is -9.27. The van der Waals surface area contributed by atoms with Crippen molar-refractivity contribution in [3.63, 3.8) is 0 Å². The quantitative estimate of drug-likeness (QED) is 0.372. The number of carbonyl (C=O) groups excluding carboxylic acids is 1. The predicted molar refractivity (Wildman–Crippen MR) is 90.8 cm³/mol. The molecule has 0 saturated carbocycles. The van der Waals surface area contributed by atoms with Crippen molar-refractivity contribution in [3.05, 3.63) is 60.2 Å².